The van der Waals surface area contributed by atoms with Crippen LogP contribution in [0.1, 0.15) is 89.6 Å². The minimum Gasteiger partial charge on any atom is -0.458 e. The Balaban J connectivity index is 1.65. The van der Waals surface area contributed by atoms with Gasteiger partial charge in [0.15, 0.2) is 18.4 Å². The van der Waals surface area contributed by atoms with E-state index in [1.807, 2.05) is 43.9 Å². The molecule has 224 valence electrons. The van der Waals surface area contributed by atoms with Gasteiger partial charge in [-0.25, -0.2) is 9.59 Å². The van der Waals surface area contributed by atoms with Gasteiger partial charge in [0.25, 0.3) is 12.6 Å². The molecule has 9 heteroatoms. The zero-order valence-electron chi connectivity index (χ0n) is 25.5. The number of nitrogens with one attached hydrogen (secondary N) is 1. The van der Waals surface area contributed by atoms with E-state index in [0.29, 0.717) is 12.1 Å². The number of hydrogen-bond acceptors (Lipinski definition) is 6. The molecule has 0 aliphatic carbocycles. The van der Waals surface area contributed by atoms with Crippen LogP contribution in [0.15, 0.2) is 54.9 Å². The Kier molecular flexibility index (Phi) is 10.9. The second-order valence-electron chi connectivity index (χ2n) is 12.6. The van der Waals surface area contributed by atoms with Gasteiger partial charge in [0.05, 0.1) is 12.2 Å². The number of carbonyl (C=O) groups excluding carboxylic acids is 3. The summed E-state index contributed by atoms with van der Waals surface area (Å²) in [6.45, 7) is 13.6. The lowest BCUT2D eigenvalue weighted by Crippen LogP contribution is -2.49. The Bertz CT molecular complexity index is 1170. The van der Waals surface area contributed by atoms with Crippen LogP contribution in [-0.4, -0.2) is 59.3 Å². The molecular weight excluding hydrogens is 522 g/mol. The summed E-state index contributed by atoms with van der Waals surface area (Å²) in [5.74, 6) is -0.857. The van der Waals surface area contributed by atoms with E-state index in [4.69, 9.17) is 14.2 Å². The molecule has 0 radical (unpaired) electrons. The molecule has 1 aliphatic heterocycles. The zero-order valence-corrected chi connectivity index (χ0v) is 25.5. The number of ether oxygens (including phenoxy) is 3. The molecule has 0 spiro atoms. The van der Waals surface area contributed by atoms with Gasteiger partial charge in [0.1, 0.15) is 11.2 Å². The van der Waals surface area contributed by atoms with Crippen molar-refractivity contribution in [3.8, 4) is 0 Å². The third kappa shape index (κ3) is 10.1. The van der Waals surface area contributed by atoms with Crippen LogP contribution in [0.3, 0.4) is 0 Å². The Morgan fingerprint density at radius 2 is 1.71 bits per heavy atom. The molecule has 41 heavy (non-hydrogen) atoms. The molecule has 0 bridgehead atoms. The Morgan fingerprint density at radius 1 is 1.00 bits per heavy atom. The Labute approximate surface area is 244 Å². The molecule has 1 fully saturated rings. The number of nitrogens with zero attached hydrogens (tertiary/aromatic N) is 2. The van der Waals surface area contributed by atoms with Gasteiger partial charge in [-0.3, -0.25) is 4.79 Å². The van der Waals surface area contributed by atoms with Gasteiger partial charge < -0.3 is 24.4 Å². The van der Waals surface area contributed by atoms with Crippen molar-refractivity contribution in [2.45, 2.75) is 104 Å². The normalized spacial score (nSPS) is 17.3. The Hall–Kier alpha value is -3.46. The van der Waals surface area contributed by atoms with Crippen LogP contribution in [0.25, 0.3) is 0 Å². The molecule has 2 amide bonds. The summed E-state index contributed by atoms with van der Waals surface area (Å²) in [6.07, 6.45) is 5.86. The second-order valence-corrected chi connectivity index (χ2v) is 12.6. The number of amides is 2. The van der Waals surface area contributed by atoms with Gasteiger partial charge in [-0.1, -0.05) is 37.3 Å². The van der Waals surface area contributed by atoms with Crippen LogP contribution in [0.2, 0.25) is 0 Å². The topological polar surface area (TPSA) is 98.0 Å². The maximum absolute atomic E-state index is 13.2. The fraction of sp³-hybridized carbons (Fsp3) is 0.562. The molecule has 3 atom stereocenters. The first kappa shape index (κ1) is 32.1. The molecule has 3 rings (SSSR count). The predicted molar refractivity (Wildman–Crippen MR) is 155 cm³/mol. The summed E-state index contributed by atoms with van der Waals surface area (Å²) in [7, 11) is 0. The largest absolute Gasteiger partial charge is 0.458 e. The predicted octanol–water partition coefficient (Wildman–Crippen LogP) is 4.98. The SMILES string of the molecule is C[C@H](c1ccccc1)C1CCCCN1C(=O)OC[n+]1cccc(C(=O)N[C@@H](COC(C)(C)C)C(=O)OC(C)(C)C)c1. The first-order chi connectivity index (χ1) is 19.2. The van der Waals surface area contributed by atoms with Crippen molar-refractivity contribution in [3.63, 3.8) is 0 Å². The van der Waals surface area contributed by atoms with Gasteiger partial charge in [-0.15, -0.1) is 0 Å². The average Bonchev–Trinajstić information content (AvgIpc) is 2.92. The van der Waals surface area contributed by atoms with E-state index in [0.717, 1.165) is 19.3 Å². The van der Waals surface area contributed by atoms with E-state index in [2.05, 4.69) is 24.4 Å². The summed E-state index contributed by atoms with van der Waals surface area (Å²) >= 11 is 0. The highest BCUT2D eigenvalue weighted by molar-refractivity contribution is 5.96. The molecule has 9 nitrogen and oxygen atoms in total. The first-order valence-corrected chi connectivity index (χ1v) is 14.4. The number of carbonyl (C=O) groups is 3. The smallest absolute Gasteiger partial charge is 0.414 e. The highest BCUT2D eigenvalue weighted by Crippen LogP contribution is 2.30. The molecule has 1 aliphatic rings. The number of rotatable bonds is 9. The average molecular weight is 569 g/mol. The fourth-order valence-corrected chi connectivity index (χ4v) is 4.75. The fourth-order valence-electron chi connectivity index (χ4n) is 4.75. The Morgan fingerprint density at radius 3 is 2.37 bits per heavy atom. The van der Waals surface area contributed by atoms with Crippen LogP contribution in [0.4, 0.5) is 4.79 Å². The van der Waals surface area contributed by atoms with E-state index >= 15 is 0 Å². The van der Waals surface area contributed by atoms with E-state index in [1.165, 1.54) is 5.56 Å². The summed E-state index contributed by atoms with van der Waals surface area (Å²) in [6, 6.07) is 12.6. The van der Waals surface area contributed by atoms with Gasteiger partial charge in [0, 0.05) is 24.6 Å². The van der Waals surface area contributed by atoms with E-state index in [9.17, 15) is 14.4 Å². The van der Waals surface area contributed by atoms with Gasteiger partial charge in [-0.05, 0) is 72.4 Å². The molecule has 1 saturated heterocycles. The monoisotopic (exact) mass is 568 g/mol. The third-order valence-corrected chi connectivity index (χ3v) is 6.82. The maximum atomic E-state index is 13.2. The lowest BCUT2D eigenvalue weighted by molar-refractivity contribution is -0.727. The highest BCUT2D eigenvalue weighted by Gasteiger charge is 2.33. The molecule has 1 aromatic carbocycles. The van der Waals surface area contributed by atoms with E-state index in [1.54, 1.807) is 49.9 Å². The number of hydrogen-bond donors (Lipinski definition) is 1. The molecule has 0 saturated carbocycles. The summed E-state index contributed by atoms with van der Waals surface area (Å²) in [5, 5.41) is 2.74. The van der Waals surface area contributed by atoms with Crippen LogP contribution in [-0.2, 0) is 25.7 Å². The second kappa shape index (κ2) is 13.9. The van der Waals surface area contributed by atoms with E-state index < -0.39 is 29.1 Å². The number of piperidine rings is 1. The highest BCUT2D eigenvalue weighted by atomic mass is 16.6. The molecule has 1 N–H and O–H groups in total. The van der Waals surface area contributed by atoms with Crippen molar-refractivity contribution >= 4 is 18.0 Å². The van der Waals surface area contributed by atoms with E-state index in [-0.39, 0.29) is 31.4 Å². The van der Waals surface area contributed by atoms with Crippen LogP contribution in [0.5, 0.6) is 0 Å². The minimum atomic E-state index is -0.991. The van der Waals surface area contributed by atoms with Gasteiger partial charge in [-0.2, -0.15) is 4.57 Å². The molecule has 2 heterocycles. The number of esters is 1. The molecular formula is C32H46N3O6+. The maximum Gasteiger partial charge on any atom is 0.414 e. The minimum absolute atomic E-state index is 0.0347. The standard InChI is InChI=1S/C32H45N3O6/c1-23(24-14-9-8-10-15-24)27-17-11-12-19-35(27)30(38)39-22-34-18-13-16-25(20-34)28(36)33-26(21-40-31(2,3)4)29(37)41-32(5,6)7/h8-10,13-16,18,20,23,26-27H,11-12,17,19,21-22H2,1-7H3/p+1/t23-,26+,27?/m1/s1. The van der Waals surface area contributed by atoms with Crippen LogP contribution >= 0.6 is 0 Å². The number of likely N-dealkylation sites (tertiary alicyclic amines) is 1. The van der Waals surface area contributed by atoms with Crippen molar-refractivity contribution in [1.29, 1.82) is 0 Å². The van der Waals surface area contributed by atoms with Crippen LogP contribution < -0.4 is 9.88 Å². The lowest BCUT2D eigenvalue weighted by Gasteiger charge is -2.38. The molecule has 1 aromatic heterocycles. The number of benzene rings is 1. The third-order valence-electron chi connectivity index (χ3n) is 6.82. The summed E-state index contributed by atoms with van der Waals surface area (Å²) in [5.41, 5.74) is 0.286. The quantitative estimate of drug-likeness (QED) is 0.338. The summed E-state index contributed by atoms with van der Waals surface area (Å²) in [4.78, 5) is 41.0. The van der Waals surface area contributed by atoms with Crippen molar-refractivity contribution < 1.29 is 33.2 Å². The van der Waals surface area contributed by atoms with Crippen molar-refractivity contribution in [1.82, 2.24) is 10.2 Å². The van der Waals surface area contributed by atoms with Gasteiger partial charge in [0.2, 0.25) is 0 Å². The van der Waals surface area contributed by atoms with Gasteiger partial charge >= 0.3 is 12.1 Å². The van der Waals surface area contributed by atoms with Crippen LogP contribution in [0, 0.1) is 0 Å². The van der Waals surface area contributed by atoms with Crippen molar-refractivity contribution in [3.05, 3.63) is 66.0 Å². The van der Waals surface area contributed by atoms with Crippen molar-refractivity contribution in [2.24, 2.45) is 0 Å². The number of aromatic nitrogens is 1. The summed E-state index contributed by atoms with van der Waals surface area (Å²) < 4.78 is 18.6. The molecule has 1 unspecified atom stereocenters. The lowest BCUT2D eigenvalue weighted by atomic mass is 9.87. The number of pyridine rings is 1. The van der Waals surface area contributed by atoms with Crippen molar-refractivity contribution in [2.75, 3.05) is 13.2 Å². The zero-order chi connectivity index (χ0) is 30.2. The first-order valence-electron chi connectivity index (χ1n) is 14.4. The molecule has 2 aromatic rings.